The molecule has 3 aromatic carbocycles. The van der Waals surface area contributed by atoms with Gasteiger partial charge in [0, 0.05) is 18.0 Å². The molecule has 268 valence electrons. The second-order valence-corrected chi connectivity index (χ2v) is 15.6. The first kappa shape index (κ1) is 37.8. The van der Waals surface area contributed by atoms with Gasteiger partial charge in [-0.3, -0.25) is 0 Å². The topological polar surface area (TPSA) is 25.8 Å². The van der Waals surface area contributed by atoms with Gasteiger partial charge in [-0.25, -0.2) is 23.1 Å². The van der Waals surface area contributed by atoms with Crippen molar-refractivity contribution in [3.05, 3.63) is 119 Å². The van der Waals surface area contributed by atoms with E-state index in [4.69, 9.17) is 0 Å². The zero-order chi connectivity index (χ0) is 35.3. The third-order valence-electron chi connectivity index (χ3n) is 11.6. The van der Waals surface area contributed by atoms with Gasteiger partial charge in [-0.05, 0) is 159 Å². The molecule has 5 heteroatoms. The Hall–Kier alpha value is -3.47. The molecule has 0 bridgehead atoms. The third kappa shape index (κ3) is 12.1. The average molecular weight is 683 g/mol. The van der Waals surface area contributed by atoms with Crippen LogP contribution in [-0.4, -0.2) is 9.97 Å². The molecule has 1 heterocycles. The summed E-state index contributed by atoms with van der Waals surface area (Å²) in [4.78, 5) is 8.29. The van der Waals surface area contributed by atoms with Gasteiger partial charge in [0.15, 0.2) is 5.82 Å². The van der Waals surface area contributed by atoms with Crippen LogP contribution in [0, 0.1) is 54.0 Å². The van der Waals surface area contributed by atoms with Gasteiger partial charge in [-0.2, -0.15) is 0 Å². The van der Waals surface area contributed by atoms with Crippen molar-refractivity contribution in [1.29, 1.82) is 0 Å². The van der Waals surface area contributed by atoms with E-state index >= 15 is 0 Å². The number of aryl methyl sites for hydroxylation is 2. The summed E-state index contributed by atoms with van der Waals surface area (Å²) in [6, 6.07) is 20.3. The normalized spacial score (nSPS) is 25.0. The monoisotopic (exact) mass is 682 g/mol. The molecule has 0 amide bonds. The lowest BCUT2D eigenvalue weighted by Gasteiger charge is -2.37. The Balaban J connectivity index is 0.000000152. The number of halogens is 3. The number of benzene rings is 3. The van der Waals surface area contributed by atoms with Gasteiger partial charge >= 0.3 is 0 Å². The Kier molecular flexibility index (Phi) is 14.5. The SMILES string of the molecule is CC1CCC(C2CCC(CCc3ccc(F)cc3)CC2)CC1.CC1CCC(c2ccc(F)cc2)CC1.Cc1cnc(-c2ccc(F)cc2)nc1. The second-order valence-electron chi connectivity index (χ2n) is 15.6. The fourth-order valence-electron chi connectivity index (χ4n) is 8.20. The van der Waals surface area contributed by atoms with Crippen LogP contribution in [-0.2, 0) is 6.42 Å². The minimum Gasteiger partial charge on any atom is -0.236 e. The molecule has 7 rings (SSSR count). The van der Waals surface area contributed by atoms with Crippen LogP contribution < -0.4 is 0 Å². The van der Waals surface area contributed by atoms with Crippen molar-refractivity contribution in [2.75, 3.05) is 0 Å². The van der Waals surface area contributed by atoms with E-state index < -0.39 is 0 Å². The van der Waals surface area contributed by atoms with Crippen LogP contribution in [0.5, 0.6) is 0 Å². The van der Waals surface area contributed by atoms with Crippen LogP contribution in [0.15, 0.2) is 85.2 Å². The molecule has 2 nitrogen and oxygen atoms in total. The first-order valence-corrected chi connectivity index (χ1v) is 19.3. The van der Waals surface area contributed by atoms with E-state index in [0.717, 1.165) is 47.1 Å². The van der Waals surface area contributed by atoms with Gasteiger partial charge < -0.3 is 0 Å². The average Bonchev–Trinajstić information content (AvgIpc) is 3.14. The first-order valence-electron chi connectivity index (χ1n) is 19.3. The van der Waals surface area contributed by atoms with Gasteiger partial charge in [0.05, 0.1) is 0 Å². The lowest BCUT2D eigenvalue weighted by atomic mass is 9.69. The van der Waals surface area contributed by atoms with Gasteiger partial charge in [-0.15, -0.1) is 0 Å². The predicted octanol–water partition coefficient (Wildman–Crippen LogP) is 13.1. The minimum atomic E-state index is -0.249. The number of aromatic nitrogens is 2. The first-order chi connectivity index (χ1) is 24.2. The van der Waals surface area contributed by atoms with Crippen molar-refractivity contribution in [3.8, 4) is 11.4 Å². The highest BCUT2D eigenvalue weighted by Crippen LogP contribution is 2.42. The number of nitrogens with zero attached hydrogens (tertiary/aromatic N) is 2. The molecule has 3 aliphatic carbocycles. The lowest BCUT2D eigenvalue weighted by Crippen LogP contribution is -2.25. The summed E-state index contributed by atoms with van der Waals surface area (Å²) in [6.07, 6.45) is 22.8. The van der Waals surface area contributed by atoms with Crippen molar-refractivity contribution >= 4 is 0 Å². The number of hydrogen-bond donors (Lipinski definition) is 0. The van der Waals surface area contributed by atoms with E-state index in [1.54, 1.807) is 48.8 Å². The standard InChI is InChI=1S/C21H31F.C13H17F.C11H9FN2/c1-16-2-10-19(11-3-16)20-12-6-17(7-13-20)4-5-18-8-14-21(22)15-9-18;1-10-2-4-11(5-3-10)12-6-8-13(14)9-7-12;1-8-6-13-11(14-7-8)9-2-4-10(12)5-3-9/h8-9,14-17,19-20H,2-7,10-13H2,1H3;6-11H,2-5H2,1H3;2-7H,1H3. The van der Waals surface area contributed by atoms with Crippen molar-refractivity contribution in [2.24, 2.45) is 29.6 Å². The van der Waals surface area contributed by atoms with E-state index in [1.807, 2.05) is 31.2 Å². The Morgan fingerprint density at radius 1 is 0.540 bits per heavy atom. The summed E-state index contributed by atoms with van der Waals surface area (Å²) in [6.45, 7) is 6.66. The Labute approximate surface area is 299 Å². The van der Waals surface area contributed by atoms with E-state index in [-0.39, 0.29) is 17.5 Å². The molecule has 0 unspecified atom stereocenters. The molecule has 3 fully saturated rings. The summed E-state index contributed by atoms with van der Waals surface area (Å²) in [5, 5.41) is 0. The zero-order valence-corrected chi connectivity index (χ0v) is 30.5. The third-order valence-corrected chi connectivity index (χ3v) is 11.6. The maximum Gasteiger partial charge on any atom is 0.159 e. The van der Waals surface area contributed by atoms with Crippen molar-refractivity contribution in [2.45, 2.75) is 117 Å². The van der Waals surface area contributed by atoms with E-state index in [0.29, 0.717) is 11.7 Å². The molecule has 0 aliphatic heterocycles. The van der Waals surface area contributed by atoms with Crippen LogP contribution in [0.2, 0.25) is 0 Å². The van der Waals surface area contributed by atoms with Gasteiger partial charge in [0.2, 0.25) is 0 Å². The van der Waals surface area contributed by atoms with Crippen LogP contribution in [0.4, 0.5) is 13.2 Å². The zero-order valence-electron chi connectivity index (χ0n) is 30.5. The van der Waals surface area contributed by atoms with Crippen LogP contribution >= 0.6 is 0 Å². The van der Waals surface area contributed by atoms with Crippen molar-refractivity contribution in [1.82, 2.24) is 9.97 Å². The molecule has 0 radical (unpaired) electrons. The molecule has 0 N–H and O–H groups in total. The molecule has 0 atom stereocenters. The highest BCUT2D eigenvalue weighted by atomic mass is 19.1. The summed E-state index contributed by atoms with van der Waals surface area (Å²) in [5.74, 6) is 5.62. The van der Waals surface area contributed by atoms with Gasteiger partial charge in [0.1, 0.15) is 17.5 Å². The Bertz CT molecular complexity index is 1470. The smallest absolute Gasteiger partial charge is 0.159 e. The fourth-order valence-corrected chi connectivity index (χ4v) is 8.20. The summed E-state index contributed by atoms with van der Waals surface area (Å²) in [7, 11) is 0. The minimum absolute atomic E-state index is 0.119. The van der Waals surface area contributed by atoms with Gasteiger partial charge in [0.25, 0.3) is 0 Å². The lowest BCUT2D eigenvalue weighted by molar-refractivity contribution is 0.148. The molecule has 3 saturated carbocycles. The Morgan fingerprint density at radius 3 is 1.50 bits per heavy atom. The van der Waals surface area contributed by atoms with Gasteiger partial charge in [-0.1, -0.05) is 76.6 Å². The maximum absolute atomic E-state index is 12.9. The number of rotatable bonds is 6. The van der Waals surface area contributed by atoms with Crippen LogP contribution in [0.25, 0.3) is 11.4 Å². The highest BCUT2D eigenvalue weighted by Gasteiger charge is 2.29. The van der Waals surface area contributed by atoms with E-state index in [9.17, 15) is 13.2 Å². The molecule has 4 aromatic rings. The van der Waals surface area contributed by atoms with Crippen LogP contribution in [0.3, 0.4) is 0 Å². The second kappa shape index (κ2) is 19.2. The summed E-state index contributed by atoms with van der Waals surface area (Å²) >= 11 is 0. The molecule has 0 saturated heterocycles. The maximum atomic E-state index is 12.9. The summed E-state index contributed by atoms with van der Waals surface area (Å²) in [5.41, 5.74) is 4.45. The molecule has 50 heavy (non-hydrogen) atoms. The molecule has 0 spiro atoms. The molecular weight excluding hydrogens is 626 g/mol. The highest BCUT2D eigenvalue weighted by molar-refractivity contribution is 5.54. The number of hydrogen-bond acceptors (Lipinski definition) is 2. The van der Waals surface area contributed by atoms with Crippen molar-refractivity contribution < 1.29 is 13.2 Å². The Morgan fingerprint density at radius 2 is 0.980 bits per heavy atom. The molecular formula is C45H57F3N2. The van der Waals surface area contributed by atoms with E-state index in [2.05, 4.69) is 23.8 Å². The van der Waals surface area contributed by atoms with Crippen LogP contribution in [0.1, 0.15) is 120 Å². The van der Waals surface area contributed by atoms with Crippen molar-refractivity contribution in [3.63, 3.8) is 0 Å². The largest absolute Gasteiger partial charge is 0.236 e. The predicted molar refractivity (Wildman–Crippen MR) is 200 cm³/mol. The quantitative estimate of drug-likeness (QED) is 0.202. The molecule has 3 aliphatic rings. The fraction of sp³-hybridized carbons (Fsp3) is 0.511. The summed E-state index contributed by atoms with van der Waals surface area (Å²) < 4.78 is 38.3. The van der Waals surface area contributed by atoms with E-state index in [1.165, 1.54) is 107 Å². The molecule has 1 aromatic heterocycles.